The van der Waals surface area contributed by atoms with Crippen molar-refractivity contribution >= 4 is 6.08 Å². The van der Waals surface area contributed by atoms with Gasteiger partial charge in [0.15, 0.2) is 0 Å². The van der Waals surface area contributed by atoms with E-state index >= 15 is 0 Å². The van der Waals surface area contributed by atoms with Crippen LogP contribution in [0.1, 0.15) is 37.8 Å². The fourth-order valence-corrected chi connectivity index (χ4v) is 1.99. The molecule has 0 aliphatic heterocycles. The highest BCUT2D eigenvalue weighted by atomic mass is 16.3. The third-order valence-electron chi connectivity index (χ3n) is 3.58. The number of isocyanates is 1. The summed E-state index contributed by atoms with van der Waals surface area (Å²) in [6.07, 6.45) is 3.50. The molecule has 90 valence electrons. The van der Waals surface area contributed by atoms with E-state index in [-0.39, 0.29) is 17.6 Å². The van der Waals surface area contributed by atoms with E-state index in [1.807, 2.05) is 38.1 Å². The molecule has 0 heterocycles. The van der Waals surface area contributed by atoms with Crippen molar-refractivity contribution in [2.75, 3.05) is 6.61 Å². The maximum Gasteiger partial charge on any atom is 0.235 e. The van der Waals surface area contributed by atoms with Gasteiger partial charge in [-0.1, -0.05) is 38.1 Å². The van der Waals surface area contributed by atoms with Gasteiger partial charge in [0.05, 0.1) is 12.1 Å². The Morgan fingerprint density at radius 1 is 1.35 bits per heavy atom. The molecule has 0 unspecified atom stereocenters. The van der Waals surface area contributed by atoms with Crippen molar-refractivity contribution in [2.45, 2.75) is 37.6 Å². The van der Waals surface area contributed by atoms with E-state index < -0.39 is 0 Å². The van der Waals surface area contributed by atoms with Gasteiger partial charge in [-0.05, 0) is 24.0 Å². The normalized spacial score (nSPS) is 17.4. The first-order valence-electron chi connectivity index (χ1n) is 5.85. The number of hydrogen-bond donors (Lipinski definition) is 1. The van der Waals surface area contributed by atoms with Crippen LogP contribution in [0.4, 0.5) is 0 Å². The molecule has 0 atom stereocenters. The molecule has 0 amide bonds. The molecular formula is C14H17NO2. The van der Waals surface area contributed by atoms with Crippen LogP contribution in [0.3, 0.4) is 0 Å². The zero-order valence-electron chi connectivity index (χ0n) is 10.2. The van der Waals surface area contributed by atoms with Crippen LogP contribution in [0.5, 0.6) is 0 Å². The molecule has 0 spiro atoms. The minimum atomic E-state index is -0.302. The number of aliphatic hydroxyl groups excluding tert-OH is 1. The molecule has 0 saturated heterocycles. The molecule has 1 aromatic carbocycles. The van der Waals surface area contributed by atoms with Gasteiger partial charge in [0, 0.05) is 5.41 Å². The number of rotatable bonds is 4. The molecule has 17 heavy (non-hydrogen) atoms. The molecule has 0 radical (unpaired) electrons. The molecule has 2 rings (SSSR count). The van der Waals surface area contributed by atoms with Crippen LogP contribution < -0.4 is 0 Å². The lowest BCUT2D eigenvalue weighted by Gasteiger charge is -2.22. The van der Waals surface area contributed by atoms with Crippen molar-refractivity contribution in [2.24, 2.45) is 4.99 Å². The van der Waals surface area contributed by atoms with Gasteiger partial charge in [-0.25, -0.2) is 4.79 Å². The molecule has 3 nitrogen and oxygen atoms in total. The average molecular weight is 231 g/mol. The van der Waals surface area contributed by atoms with Crippen LogP contribution in [0.15, 0.2) is 29.3 Å². The van der Waals surface area contributed by atoms with Gasteiger partial charge in [-0.15, -0.1) is 0 Å². The van der Waals surface area contributed by atoms with Gasteiger partial charge in [0.25, 0.3) is 0 Å². The second-order valence-corrected chi connectivity index (χ2v) is 5.35. The van der Waals surface area contributed by atoms with E-state index in [2.05, 4.69) is 4.99 Å². The fourth-order valence-electron chi connectivity index (χ4n) is 1.99. The third kappa shape index (κ3) is 2.17. The van der Waals surface area contributed by atoms with Crippen molar-refractivity contribution in [3.05, 3.63) is 35.4 Å². The third-order valence-corrected chi connectivity index (χ3v) is 3.58. The topological polar surface area (TPSA) is 49.7 Å². The standard InChI is InChI=1S/C14H17NO2/c1-13(2,9-16)11-3-5-12(6-4-11)14(7-8-14)15-10-17/h3-6,16H,7-9H2,1-2H3. The summed E-state index contributed by atoms with van der Waals surface area (Å²) in [4.78, 5) is 14.3. The summed E-state index contributed by atoms with van der Waals surface area (Å²) in [5.74, 6) is 0. The second-order valence-electron chi connectivity index (χ2n) is 5.35. The van der Waals surface area contributed by atoms with E-state index in [0.29, 0.717) is 0 Å². The van der Waals surface area contributed by atoms with Gasteiger partial charge in [0.2, 0.25) is 6.08 Å². The molecule has 1 aromatic rings. The van der Waals surface area contributed by atoms with Crippen LogP contribution in [0.2, 0.25) is 0 Å². The predicted octanol–water partition coefficient (Wildman–Crippen LogP) is 2.28. The number of benzene rings is 1. The van der Waals surface area contributed by atoms with Crippen molar-refractivity contribution in [1.29, 1.82) is 0 Å². The van der Waals surface area contributed by atoms with Crippen molar-refractivity contribution in [3.63, 3.8) is 0 Å². The molecule has 1 aliphatic rings. The molecular weight excluding hydrogens is 214 g/mol. The van der Waals surface area contributed by atoms with Crippen LogP contribution in [-0.4, -0.2) is 17.8 Å². The second kappa shape index (κ2) is 4.10. The maximum absolute atomic E-state index is 10.4. The van der Waals surface area contributed by atoms with Gasteiger partial charge in [-0.2, -0.15) is 4.99 Å². The summed E-state index contributed by atoms with van der Waals surface area (Å²) < 4.78 is 0. The molecule has 0 bridgehead atoms. The quantitative estimate of drug-likeness (QED) is 0.638. The maximum atomic E-state index is 10.4. The number of aliphatic imine (C=N–C) groups is 1. The summed E-state index contributed by atoms with van der Waals surface area (Å²) in [6, 6.07) is 8.01. The largest absolute Gasteiger partial charge is 0.395 e. The Morgan fingerprint density at radius 3 is 2.35 bits per heavy atom. The predicted molar refractivity (Wildman–Crippen MR) is 65.6 cm³/mol. The average Bonchev–Trinajstić information content (AvgIpc) is 3.11. The molecule has 1 aliphatic carbocycles. The van der Waals surface area contributed by atoms with E-state index in [0.717, 1.165) is 24.0 Å². The Labute approximate surface area is 101 Å². The minimum Gasteiger partial charge on any atom is -0.395 e. The van der Waals surface area contributed by atoms with Crippen molar-refractivity contribution in [3.8, 4) is 0 Å². The Balaban J connectivity index is 2.28. The van der Waals surface area contributed by atoms with Crippen LogP contribution in [-0.2, 0) is 15.7 Å². The number of carbonyl (C=O) groups excluding carboxylic acids is 1. The van der Waals surface area contributed by atoms with E-state index in [4.69, 9.17) is 0 Å². The Kier molecular flexibility index (Phi) is 2.90. The Bertz CT molecular complexity index is 452. The Hall–Kier alpha value is -1.44. The number of hydrogen-bond acceptors (Lipinski definition) is 3. The van der Waals surface area contributed by atoms with Crippen molar-refractivity contribution < 1.29 is 9.90 Å². The fraction of sp³-hybridized carbons (Fsp3) is 0.500. The van der Waals surface area contributed by atoms with Crippen molar-refractivity contribution in [1.82, 2.24) is 0 Å². The lowest BCUT2D eigenvalue weighted by molar-refractivity contribution is 0.218. The number of aliphatic hydroxyl groups is 1. The van der Waals surface area contributed by atoms with Crippen LogP contribution in [0.25, 0.3) is 0 Å². The first-order valence-corrected chi connectivity index (χ1v) is 5.85. The first-order chi connectivity index (χ1) is 8.04. The highest BCUT2D eigenvalue weighted by Gasteiger charge is 2.44. The lowest BCUT2D eigenvalue weighted by Crippen LogP contribution is -2.22. The molecule has 1 N–H and O–H groups in total. The zero-order chi connectivity index (χ0) is 12.5. The highest BCUT2D eigenvalue weighted by Crippen LogP contribution is 2.49. The Morgan fingerprint density at radius 2 is 1.94 bits per heavy atom. The number of nitrogens with zero attached hydrogens (tertiary/aromatic N) is 1. The smallest absolute Gasteiger partial charge is 0.235 e. The SMILES string of the molecule is CC(C)(CO)c1ccc(C2(N=C=O)CC2)cc1. The zero-order valence-corrected chi connectivity index (χ0v) is 10.2. The molecule has 1 saturated carbocycles. The highest BCUT2D eigenvalue weighted by molar-refractivity contribution is 5.42. The van der Waals surface area contributed by atoms with E-state index in [1.54, 1.807) is 6.08 Å². The summed E-state index contributed by atoms with van der Waals surface area (Å²) in [5, 5.41) is 9.30. The van der Waals surface area contributed by atoms with Crippen LogP contribution in [0, 0.1) is 0 Å². The van der Waals surface area contributed by atoms with Gasteiger partial charge in [0.1, 0.15) is 0 Å². The van der Waals surface area contributed by atoms with Crippen LogP contribution >= 0.6 is 0 Å². The summed E-state index contributed by atoms with van der Waals surface area (Å²) >= 11 is 0. The van der Waals surface area contributed by atoms with Gasteiger partial charge in [-0.3, -0.25) is 0 Å². The molecule has 1 fully saturated rings. The summed E-state index contributed by atoms with van der Waals surface area (Å²) in [7, 11) is 0. The molecule has 3 heteroatoms. The summed E-state index contributed by atoms with van der Waals surface area (Å²) in [6.45, 7) is 4.11. The molecule has 0 aromatic heterocycles. The first kappa shape index (κ1) is 12.0. The van der Waals surface area contributed by atoms with Gasteiger partial charge < -0.3 is 5.11 Å². The summed E-state index contributed by atoms with van der Waals surface area (Å²) in [5.41, 5.74) is 1.63. The van der Waals surface area contributed by atoms with E-state index in [1.165, 1.54) is 0 Å². The lowest BCUT2D eigenvalue weighted by atomic mass is 9.85. The van der Waals surface area contributed by atoms with Gasteiger partial charge >= 0.3 is 0 Å². The monoisotopic (exact) mass is 231 g/mol. The van der Waals surface area contributed by atoms with E-state index in [9.17, 15) is 9.90 Å². The minimum absolute atomic E-state index is 0.115.